The zero-order valence-electron chi connectivity index (χ0n) is 15.4. The third kappa shape index (κ3) is 6.32. The molecule has 2 amide bonds. The van der Waals surface area contributed by atoms with E-state index in [0.717, 1.165) is 43.5 Å². The molecule has 2 aromatic rings. The largest absolute Gasteiger partial charge is 0.484 e. The average Bonchev–Trinajstić information content (AvgIpc) is 3.42. The van der Waals surface area contributed by atoms with Crippen molar-refractivity contribution in [2.75, 3.05) is 17.2 Å². The molecule has 3 rings (SSSR count). The number of nitrogens with one attached hydrogen (secondary N) is 2. The van der Waals surface area contributed by atoms with Gasteiger partial charge in [-0.15, -0.1) is 10.2 Å². The van der Waals surface area contributed by atoms with Crippen molar-refractivity contribution in [3.63, 3.8) is 0 Å². The van der Waals surface area contributed by atoms with Gasteiger partial charge in [0, 0.05) is 24.1 Å². The van der Waals surface area contributed by atoms with Crippen LogP contribution in [0.1, 0.15) is 44.0 Å². The summed E-state index contributed by atoms with van der Waals surface area (Å²) in [6.45, 7) is 2.02. The van der Waals surface area contributed by atoms with Gasteiger partial charge in [0.05, 0.1) is 0 Å². The second kappa shape index (κ2) is 9.45. The minimum atomic E-state index is -0.293. The van der Waals surface area contributed by atoms with Crippen LogP contribution in [0.5, 0.6) is 5.75 Å². The molecule has 144 valence electrons. The maximum atomic E-state index is 12.0. The lowest BCUT2D eigenvalue weighted by Crippen LogP contribution is -2.20. The average molecular weight is 388 g/mol. The minimum Gasteiger partial charge on any atom is -0.484 e. The predicted octanol–water partition coefficient (Wildman–Crippen LogP) is 3.64. The Bertz CT molecular complexity index is 789. The fourth-order valence-corrected chi connectivity index (χ4v) is 3.29. The number of anilines is 2. The van der Waals surface area contributed by atoms with Crippen molar-refractivity contribution >= 4 is 34.0 Å². The predicted molar refractivity (Wildman–Crippen MR) is 105 cm³/mol. The van der Waals surface area contributed by atoms with Crippen molar-refractivity contribution in [1.29, 1.82) is 0 Å². The molecule has 0 radical (unpaired) electrons. The van der Waals surface area contributed by atoms with E-state index < -0.39 is 0 Å². The van der Waals surface area contributed by atoms with Crippen LogP contribution in [0.15, 0.2) is 24.3 Å². The molecular weight excluding hydrogens is 364 g/mol. The summed E-state index contributed by atoms with van der Waals surface area (Å²) in [5.74, 6) is 0.407. The zero-order valence-corrected chi connectivity index (χ0v) is 16.2. The van der Waals surface area contributed by atoms with E-state index >= 15 is 0 Å². The highest BCUT2D eigenvalue weighted by atomic mass is 32.1. The van der Waals surface area contributed by atoms with Crippen molar-refractivity contribution in [1.82, 2.24) is 10.2 Å². The molecule has 1 aliphatic carbocycles. The van der Waals surface area contributed by atoms with E-state index in [1.54, 1.807) is 24.3 Å². The van der Waals surface area contributed by atoms with Gasteiger partial charge in [-0.1, -0.05) is 37.2 Å². The molecule has 1 aliphatic rings. The van der Waals surface area contributed by atoms with Gasteiger partial charge in [0.15, 0.2) is 6.61 Å². The summed E-state index contributed by atoms with van der Waals surface area (Å²) >= 11 is 1.39. The summed E-state index contributed by atoms with van der Waals surface area (Å²) in [6.07, 6.45) is 6.19. The summed E-state index contributed by atoms with van der Waals surface area (Å²) in [5, 5.41) is 15.1. The lowest BCUT2D eigenvalue weighted by Gasteiger charge is -2.08. The van der Waals surface area contributed by atoms with Crippen molar-refractivity contribution in [2.24, 2.45) is 5.92 Å². The second-order valence-electron chi connectivity index (χ2n) is 6.59. The number of carbonyl (C=O) groups is 2. The molecule has 0 bridgehead atoms. The van der Waals surface area contributed by atoms with Gasteiger partial charge in [0.25, 0.3) is 5.91 Å². The highest BCUT2D eigenvalue weighted by Gasteiger charge is 2.29. The van der Waals surface area contributed by atoms with E-state index in [4.69, 9.17) is 4.74 Å². The Hall–Kier alpha value is -2.48. The number of aryl methyl sites for hydroxylation is 1. The Morgan fingerprint density at radius 3 is 2.85 bits per heavy atom. The van der Waals surface area contributed by atoms with Gasteiger partial charge < -0.3 is 10.1 Å². The molecule has 1 aromatic carbocycles. The van der Waals surface area contributed by atoms with Crippen molar-refractivity contribution in [2.45, 2.75) is 45.4 Å². The molecule has 0 spiro atoms. The summed E-state index contributed by atoms with van der Waals surface area (Å²) in [6, 6.07) is 7.04. The summed E-state index contributed by atoms with van der Waals surface area (Å²) in [7, 11) is 0. The van der Waals surface area contributed by atoms with Gasteiger partial charge in [0.1, 0.15) is 10.8 Å². The van der Waals surface area contributed by atoms with Crippen LogP contribution in [0.25, 0.3) is 0 Å². The van der Waals surface area contributed by atoms with Crippen LogP contribution in [-0.2, 0) is 16.0 Å². The number of benzene rings is 1. The SMILES string of the molecule is CCCCCc1nnc(NC(=O)COc2cccc(NC(=O)C3CC3)c2)s1. The van der Waals surface area contributed by atoms with Gasteiger partial charge in [-0.3, -0.25) is 14.9 Å². The third-order valence-electron chi connectivity index (χ3n) is 4.13. The fourth-order valence-electron chi connectivity index (χ4n) is 2.49. The van der Waals surface area contributed by atoms with E-state index in [2.05, 4.69) is 27.8 Å². The number of nitrogens with zero attached hydrogens (tertiary/aromatic N) is 2. The highest BCUT2D eigenvalue weighted by molar-refractivity contribution is 7.15. The zero-order chi connectivity index (χ0) is 19.1. The van der Waals surface area contributed by atoms with E-state index in [0.29, 0.717) is 16.6 Å². The minimum absolute atomic E-state index is 0.0379. The van der Waals surface area contributed by atoms with Crippen LogP contribution >= 0.6 is 11.3 Å². The van der Waals surface area contributed by atoms with Crippen molar-refractivity contribution in [3.8, 4) is 5.75 Å². The standard InChI is InChI=1S/C19H24N4O3S/c1-2-3-4-8-17-22-23-19(27-17)21-16(24)12-26-15-7-5-6-14(11-15)20-18(25)13-9-10-13/h5-7,11,13H,2-4,8-10,12H2,1H3,(H,20,25)(H,21,23,24). The number of hydrogen-bond acceptors (Lipinski definition) is 6. The van der Waals surface area contributed by atoms with Crippen LogP contribution in [-0.4, -0.2) is 28.6 Å². The number of unbranched alkanes of at least 4 members (excludes halogenated alkanes) is 2. The van der Waals surface area contributed by atoms with Gasteiger partial charge in [0.2, 0.25) is 11.0 Å². The summed E-state index contributed by atoms with van der Waals surface area (Å²) in [4.78, 5) is 23.9. The van der Waals surface area contributed by atoms with E-state index in [1.807, 2.05) is 0 Å². The smallest absolute Gasteiger partial charge is 0.264 e. The van der Waals surface area contributed by atoms with Crippen LogP contribution in [0.4, 0.5) is 10.8 Å². The molecule has 0 aliphatic heterocycles. The molecule has 7 nitrogen and oxygen atoms in total. The van der Waals surface area contributed by atoms with E-state index in [-0.39, 0.29) is 24.3 Å². The quantitative estimate of drug-likeness (QED) is 0.606. The van der Waals surface area contributed by atoms with Gasteiger partial charge in [-0.05, 0) is 31.4 Å². The van der Waals surface area contributed by atoms with E-state index in [1.165, 1.54) is 11.3 Å². The monoisotopic (exact) mass is 388 g/mol. The second-order valence-corrected chi connectivity index (χ2v) is 7.65. The molecule has 1 aromatic heterocycles. The Balaban J connectivity index is 1.44. The Morgan fingerprint density at radius 2 is 2.07 bits per heavy atom. The number of aromatic nitrogens is 2. The topological polar surface area (TPSA) is 93.2 Å². The molecule has 2 N–H and O–H groups in total. The lowest BCUT2D eigenvalue weighted by molar-refractivity contribution is -0.118. The molecule has 0 unspecified atom stereocenters. The first kappa shape index (κ1) is 19.3. The third-order valence-corrected chi connectivity index (χ3v) is 5.03. The van der Waals surface area contributed by atoms with Crippen LogP contribution in [0.2, 0.25) is 0 Å². The van der Waals surface area contributed by atoms with E-state index in [9.17, 15) is 9.59 Å². The lowest BCUT2D eigenvalue weighted by atomic mass is 10.2. The van der Waals surface area contributed by atoms with Crippen molar-refractivity contribution in [3.05, 3.63) is 29.3 Å². The molecule has 0 atom stereocenters. The molecule has 1 fully saturated rings. The number of ether oxygens (including phenoxy) is 1. The van der Waals surface area contributed by atoms with Crippen LogP contribution in [0, 0.1) is 5.92 Å². The summed E-state index contributed by atoms with van der Waals surface area (Å²) < 4.78 is 5.52. The van der Waals surface area contributed by atoms with Gasteiger partial charge in [-0.2, -0.15) is 0 Å². The molecule has 27 heavy (non-hydrogen) atoms. The Labute approximate surface area is 162 Å². The first-order valence-electron chi connectivity index (χ1n) is 9.30. The molecule has 8 heteroatoms. The van der Waals surface area contributed by atoms with Gasteiger partial charge in [-0.25, -0.2) is 0 Å². The fraction of sp³-hybridized carbons (Fsp3) is 0.474. The van der Waals surface area contributed by atoms with Crippen LogP contribution in [0.3, 0.4) is 0 Å². The Morgan fingerprint density at radius 1 is 1.22 bits per heavy atom. The maximum Gasteiger partial charge on any atom is 0.264 e. The molecular formula is C19H24N4O3S. The maximum absolute atomic E-state index is 12.0. The number of amides is 2. The number of carbonyl (C=O) groups excluding carboxylic acids is 2. The Kier molecular flexibility index (Phi) is 6.75. The first-order valence-corrected chi connectivity index (χ1v) is 10.1. The summed E-state index contributed by atoms with van der Waals surface area (Å²) in [5.41, 5.74) is 0.672. The first-order chi connectivity index (χ1) is 13.1. The van der Waals surface area contributed by atoms with Gasteiger partial charge >= 0.3 is 0 Å². The molecule has 0 saturated heterocycles. The van der Waals surface area contributed by atoms with Crippen LogP contribution < -0.4 is 15.4 Å². The number of hydrogen-bond donors (Lipinski definition) is 2. The van der Waals surface area contributed by atoms with Crippen molar-refractivity contribution < 1.29 is 14.3 Å². The highest BCUT2D eigenvalue weighted by Crippen LogP contribution is 2.30. The molecule has 1 saturated carbocycles. The normalized spacial score (nSPS) is 13.2. The molecule has 1 heterocycles. The number of rotatable bonds is 10.